The average Bonchev–Trinajstić information content (AvgIpc) is 2.97. The van der Waals surface area contributed by atoms with Crippen molar-refractivity contribution in [2.75, 3.05) is 11.9 Å². The highest BCUT2D eigenvalue weighted by Gasteiger charge is 2.21. The van der Waals surface area contributed by atoms with Gasteiger partial charge in [-0.15, -0.1) is 11.3 Å². The molecule has 0 saturated heterocycles. The molecule has 5 heteroatoms. The summed E-state index contributed by atoms with van der Waals surface area (Å²) in [4.78, 5) is 13.5. The number of thiophene rings is 1. The van der Waals surface area contributed by atoms with Crippen molar-refractivity contribution in [3.63, 3.8) is 0 Å². The van der Waals surface area contributed by atoms with Crippen molar-refractivity contribution < 1.29 is 4.79 Å². The third-order valence-corrected chi connectivity index (χ3v) is 5.48. The molecular weight excluding hydrogens is 318 g/mol. The van der Waals surface area contributed by atoms with Gasteiger partial charge in [0.2, 0.25) is 5.91 Å². The summed E-state index contributed by atoms with van der Waals surface area (Å²) in [7, 11) is 0. The quantitative estimate of drug-likeness (QED) is 0.877. The van der Waals surface area contributed by atoms with Crippen molar-refractivity contribution in [3.8, 4) is 6.07 Å². The number of benzene rings is 1. The van der Waals surface area contributed by atoms with E-state index in [9.17, 15) is 10.1 Å². The SMILES string of the molecule is CCc1cccc(CCC(=O)Nc2sc3c(c2C#N)CCNC3)c1. The Labute approximate surface area is 146 Å². The van der Waals surface area contributed by atoms with Crippen LogP contribution in [0.4, 0.5) is 5.00 Å². The lowest BCUT2D eigenvalue weighted by molar-refractivity contribution is -0.116. The van der Waals surface area contributed by atoms with Gasteiger partial charge >= 0.3 is 0 Å². The van der Waals surface area contributed by atoms with Gasteiger partial charge < -0.3 is 10.6 Å². The fourth-order valence-electron chi connectivity index (χ4n) is 2.99. The molecule has 1 aliphatic rings. The molecule has 3 rings (SSSR count). The topological polar surface area (TPSA) is 64.9 Å². The lowest BCUT2D eigenvalue weighted by Gasteiger charge is -2.11. The summed E-state index contributed by atoms with van der Waals surface area (Å²) in [5.41, 5.74) is 4.22. The molecule has 0 saturated carbocycles. The number of hydrogen-bond donors (Lipinski definition) is 2. The van der Waals surface area contributed by atoms with E-state index < -0.39 is 0 Å². The molecule has 0 radical (unpaired) electrons. The molecule has 4 nitrogen and oxygen atoms in total. The van der Waals surface area contributed by atoms with E-state index in [2.05, 4.69) is 41.8 Å². The first-order chi connectivity index (χ1) is 11.7. The van der Waals surface area contributed by atoms with E-state index in [0.717, 1.165) is 31.5 Å². The second-order valence-electron chi connectivity index (χ2n) is 5.97. The van der Waals surface area contributed by atoms with Crippen molar-refractivity contribution in [3.05, 3.63) is 51.4 Å². The van der Waals surface area contributed by atoms with Crippen LogP contribution in [-0.4, -0.2) is 12.5 Å². The summed E-state index contributed by atoms with van der Waals surface area (Å²) in [6, 6.07) is 10.6. The first kappa shape index (κ1) is 16.7. The molecule has 24 heavy (non-hydrogen) atoms. The maximum Gasteiger partial charge on any atom is 0.225 e. The van der Waals surface area contributed by atoms with Gasteiger partial charge in [-0.3, -0.25) is 4.79 Å². The second-order valence-corrected chi connectivity index (χ2v) is 7.07. The van der Waals surface area contributed by atoms with Gasteiger partial charge in [-0.2, -0.15) is 5.26 Å². The van der Waals surface area contributed by atoms with Crippen LogP contribution < -0.4 is 10.6 Å². The molecule has 2 aromatic rings. The number of amides is 1. The highest BCUT2D eigenvalue weighted by atomic mass is 32.1. The van der Waals surface area contributed by atoms with Crippen LogP contribution in [0.15, 0.2) is 24.3 Å². The molecule has 1 aromatic carbocycles. The van der Waals surface area contributed by atoms with Crippen LogP contribution in [0.2, 0.25) is 0 Å². The van der Waals surface area contributed by atoms with Crippen LogP contribution in [0, 0.1) is 11.3 Å². The third-order valence-electron chi connectivity index (χ3n) is 4.33. The van der Waals surface area contributed by atoms with Gasteiger partial charge in [0.05, 0.1) is 5.56 Å². The van der Waals surface area contributed by atoms with Crippen molar-refractivity contribution in [2.24, 2.45) is 0 Å². The Kier molecular flexibility index (Phi) is 5.29. The summed E-state index contributed by atoms with van der Waals surface area (Å²) < 4.78 is 0. The Morgan fingerprint density at radius 2 is 2.25 bits per heavy atom. The number of nitrogens with zero attached hydrogens (tertiary/aromatic N) is 1. The third kappa shape index (κ3) is 3.66. The number of fused-ring (bicyclic) bond motifs is 1. The lowest BCUT2D eigenvalue weighted by atomic mass is 10.0. The highest BCUT2D eigenvalue weighted by Crippen LogP contribution is 2.34. The zero-order valence-corrected chi connectivity index (χ0v) is 14.6. The van der Waals surface area contributed by atoms with E-state index in [1.807, 2.05) is 6.07 Å². The molecule has 2 N–H and O–H groups in total. The van der Waals surface area contributed by atoms with Gasteiger partial charge in [-0.05, 0) is 42.5 Å². The standard InChI is InChI=1S/C19H21N3OS/c1-2-13-4-3-5-14(10-13)6-7-18(23)22-19-16(11-20)15-8-9-21-12-17(15)24-19/h3-5,10,21H,2,6-9,12H2,1H3,(H,22,23). The first-order valence-corrected chi connectivity index (χ1v) is 9.16. The van der Waals surface area contributed by atoms with Crippen molar-refractivity contribution >= 4 is 22.2 Å². The normalized spacial score (nSPS) is 13.2. The average molecular weight is 339 g/mol. The van der Waals surface area contributed by atoms with E-state index in [-0.39, 0.29) is 5.91 Å². The Balaban J connectivity index is 1.65. The summed E-state index contributed by atoms with van der Waals surface area (Å²) in [6.07, 6.45) is 3.00. The molecule has 2 heterocycles. The van der Waals surface area contributed by atoms with Crippen molar-refractivity contribution in [1.82, 2.24) is 5.32 Å². The number of nitriles is 1. The second kappa shape index (κ2) is 7.61. The Hall–Kier alpha value is -2.16. The number of rotatable bonds is 5. The fourth-order valence-corrected chi connectivity index (χ4v) is 4.18. The minimum absolute atomic E-state index is 0.0278. The van der Waals surface area contributed by atoms with Crippen LogP contribution >= 0.6 is 11.3 Å². The van der Waals surface area contributed by atoms with Gasteiger partial charge in [-0.25, -0.2) is 0 Å². The maximum absolute atomic E-state index is 12.3. The van der Waals surface area contributed by atoms with E-state index in [1.165, 1.54) is 27.3 Å². The van der Waals surface area contributed by atoms with Gasteiger partial charge in [0.25, 0.3) is 0 Å². The van der Waals surface area contributed by atoms with Gasteiger partial charge in [0.1, 0.15) is 11.1 Å². The number of hydrogen-bond acceptors (Lipinski definition) is 4. The fraction of sp³-hybridized carbons (Fsp3) is 0.368. The minimum atomic E-state index is -0.0278. The van der Waals surface area contributed by atoms with Crippen LogP contribution in [0.25, 0.3) is 0 Å². The van der Waals surface area contributed by atoms with Crippen LogP contribution in [0.3, 0.4) is 0 Å². The molecule has 0 unspecified atom stereocenters. The summed E-state index contributed by atoms with van der Waals surface area (Å²) in [5.74, 6) is -0.0278. The van der Waals surface area contributed by atoms with Gasteiger partial charge in [0.15, 0.2) is 0 Å². The predicted octanol–water partition coefficient (Wildman–Crippen LogP) is 3.40. The first-order valence-electron chi connectivity index (χ1n) is 8.34. The molecule has 1 amide bonds. The monoisotopic (exact) mass is 339 g/mol. The van der Waals surface area contributed by atoms with Gasteiger partial charge in [0, 0.05) is 17.8 Å². The van der Waals surface area contributed by atoms with Crippen LogP contribution in [-0.2, 0) is 30.6 Å². The summed E-state index contributed by atoms with van der Waals surface area (Å²) in [6.45, 7) is 3.80. The molecule has 0 atom stereocenters. The van der Waals surface area contributed by atoms with E-state index >= 15 is 0 Å². The van der Waals surface area contributed by atoms with Crippen LogP contribution in [0.1, 0.15) is 40.5 Å². The number of aryl methyl sites for hydroxylation is 2. The maximum atomic E-state index is 12.3. The number of nitrogens with one attached hydrogen (secondary N) is 2. The number of carbonyl (C=O) groups is 1. The predicted molar refractivity (Wildman–Crippen MR) is 97.2 cm³/mol. The molecular formula is C19H21N3OS. The molecule has 0 spiro atoms. The molecule has 124 valence electrons. The molecule has 0 fully saturated rings. The van der Waals surface area contributed by atoms with Crippen LogP contribution in [0.5, 0.6) is 0 Å². The molecule has 1 aliphatic heterocycles. The zero-order chi connectivity index (χ0) is 16.9. The van der Waals surface area contributed by atoms with E-state index in [4.69, 9.17) is 0 Å². The summed E-state index contributed by atoms with van der Waals surface area (Å²) >= 11 is 1.53. The van der Waals surface area contributed by atoms with Crippen molar-refractivity contribution in [2.45, 2.75) is 39.2 Å². The van der Waals surface area contributed by atoms with E-state index in [1.54, 1.807) is 0 Å². The smallest absolute Gasteiger partial charge is 0.225 e. The van der Waals surface area contributed by atoms with Crippen molar-refractivity contribution in [1.29, 1.82) is 5.26 Å². The van der Waals surface area contributed by atoms with Gasteiger partial charge in [-0.1, -0.05) is 31.2 Å². The Morgan fingerprint density at radius 1 is 1.42 bits per heavy atom. The highest BCUT2D eigenvalue weighted by molar-refractivity contribution is 7.16. The Morgan fingerprint density at radius 3 is 3.04 bits per heavy atom. The largest absolute Gasteiger partial charge is 0.317 e. The van der Waals surface area contributed by atoms with E-state index in [0.29, 0.717) is 23.4 Å². The lowest BCUT2D eigenvalue weighted by Crippen LogP contribution is -2.22. The zero-order valence-electron chi connectivity index (χ0n) is 13.8. The Bertz CT molecular complexity index is 788. The number of anilines is 1. The molecule has 0 bridgehead atoms. The minimum Gasteiger partial charge on any atom is -0.317 e. The molecule has 1 aromatic heterocycles. The number of carbonyl (C=O) groups excluding carboxylic acids is 1. The summed E-state index contributed by atoms with van der Waals surface area (Å²) in [5, 5.41) is 16.4. The molecule has 0 aliphatic carbocycles.